The van der Waals surface area contributed by atoms with E-state index >= 15 is 0 Å². The van der Waals surface area contributed by atoms with Gasteiger partial charge in [0.05, 0.1) is 16.6 Å². The number of rotatable bonds is 4. The highest BCUT2D eigenvalue weighted by atomic mass is 79.9. The van der Waals surface area contributed by atoms with E-state index in [9.17, 15) is 0 Å². The number of hydrogen-bond acceptors (Lipinski definition) is 4. The molecule has 7 heteroatoms. The van der Waals surface area contributed by atoms with Gasteiger partial charge in [0.25, 0.3) is 0 Å². The zero-order valence-electron chi connectivity index (χ0n) is 14.2. The number of pyridine rings is 1. The summed E-state index contributed by atoms with van der Waals surface area (Å²) in [7, 11) is 0. The van der Waals surface area contributed by atoms with Crippen molar-refractivity contribution in [3.05, 3.63) is 71.0 Å². The van der Waals surface area contributed by atoms with Gasteiger partial charge in [-0.2, -0.15) is 5.10 Å². The largest absolute Gasteiger partial charge is 0.381 e. The Morgan fingerprint density at radius 3 is 2.74 bits per heavy atom. The van der Waals surface area contributed by atoms with Gasteiger partial charge in [0.15, 0.2) is 5.82 Å². The molecule has 3 heterocycles. The lowest BCUT2D eigenvalue weighted by Crippen LogP contribution is -1.98. The van der Waals surface area contributed by atoms with Crippen molar-refractivity contribution in [3.8, 4) is 11.5 Å². The van der Waals surface area contributed by atoms with Gasteiger partial charge in [-0.1, -0.05) is 15.9 Å². The van der Waals surface area contributed by atoms with Crippen LogP contribution in [0.2, 0.25) is 0 Å². The van der Waals surface area contributed by atoms with Crippen LogP contribution in [0.25, 0.3) is 33.5 Å². The molecule has 5 rings (SSSR count). The standard InChI is InChI=1S/C20H15BrN6/c21-13-1-3-16-15(9-13)19(27-26-16)20-24-17-4-2-14(10-18(17)25-20)23-11-12-5-7-22-8-6-12/h1-10,23H,11H2,(H,24,25)(H,26,27). The fourth-order valence-electron chi connectivity index (χ4n) is 3.10. The summed E-state index contributed by atoms with van der Waals surface area (Å²) in [5.41, 5.74) is 5.89. The van der Waals surface area contributed by atoms with Crippen LogP contribution in [0, 0.1) is 0 Å². The zero-order chi connectivity index (χ0) is 18.2. The van der Waals surface area contributed by atoms with Gasteiger partial charge in [-0.3, -0.25) is 10.1 Å². The molecule has 6 nitrogen and oxygen atoms in total. The Bertz CT molecular complexity index is 1240. The number of H-pyrrole nitrogens is 2. The van der Waals surface area contributed by atoms with Gasteiger partial charge >= 0.3 is 0 Å². The number of halogens is 1. The quantitative estimate of drug-likeness (QED) is 0.388. The highest BCUT2D eigenvalue weighted by Gasteiger charge is 2.13. The first-order valence-corrected chi connectivity index (χ1v) is 9.32. The SMILES string of the molecule is Brc1ccc2[nH]nc(-c3nc4ccc(NCc5ccncc5)cc4[nH]3)c2c1. The molecule has 3 N–H and O–H groups in total. The molecule has 0 saturated heterocycles. The summed E-state index contributed by atoms with van der Waals surface area (Å²) >= 11 is 3.52. The zero-order valence-corrected chi connectivity index (χ0v) is 15.8. The van der Waals surface area contributed by atoms with E-state index in [2.05, 4.69) is 47.5 Å². The van der Waals surface area contributed by atoms with Crippen molar-refractivity contribution >= 4 is 43.6 Å². The predicted molar refractivity (Wildman–Crippen MR) is 110 cm³/mol. The van der Waals surface area contributed by atoms with Gasteiger partial charge in [0, 0.05) is 34.5 Å². The number of fused-ring (bicyclic) bond motifs is 2. The summed E-state index contributed by atoms with van der Waals surface area (Å²) in [6.45, 7) is 0.743. The highest BCUT2D eigenvalue weighted by Crippen LogP contribution is 2.29. The average Bonchev–Trinajstić information content (AvgIpc) is 3.30. The van der Waals surface area contributed by atoms with Crippen LogP contribution >= 0.6 is 15.9 Å². The molecule has 0 aliphatic rings. The maximum Gasteiger partial charge on any atom is 0.159 e. The van der Waals surface area contributed by atoms with E-state index < -0.39 is 0 Å². The van der Waals surface area contributed by atoms with Gasteiger partial charge in [-0.25, -0.2) is 4.98 Å². The second kappa shape index (κ2) is 6.51. The minimum atomic E-state index is 0.743. The number of nitrogens with zero attached hydrogens (tertiary/aromatic N) is 3. The summed E-state index contributed by atoms with van der Waals surface area (Å²) in [5, 5.41) is 12.0. The molecule has 0 unspecified atom stereocenters. The number of aromatic nitrogens is 5. The topological polar surface area (TPSA) is 82.3 Å². The molecule has 0 aliphatic carbocycles. The van der Waals surface area contributed by atoms with Crippen LogP contribution < -0.4 is 5.32 Å². The molecule has 27 heavy (non-hydrogen) atoms. The maximum absolute atomic E-state index is 4.70. The number of imidazole rings is 1. The Hall–Kier alpha value is -3.19. The Morgan fingerprint density at radius 1 is 0.963 bits per heavy atom. The molecular weight excluding hydrogens is 404 g/mol. The molecule has 0 aliphatic heterocycles. The molecule has 0 saturated carbocycles. The first kappa shape index (κ1) is 16.0. The molecule has 0 atom stereocenters. The van der Waals surface area contributed by atoms with Crippen molar-refractivity contribution in [1.82, 2.24) is 25.1 Å². The van der Waals surface area contributed by atoms with E-state index in [-0.39, 0.29) is 0 Å². The van der Waals surface area contributed by atoms with Gasteiger partial charge < -0.3 is 10.3 Å². The van der Waals surface area contributed by atoms with E-state index in [1.807, 2.05) is 42.5 Å². The van der Waals surface area contributed by atoms with Crippen molar-refractivity contribution in [3.63, 3.8) is 0 Å². The van der Waals surface area contributed by atoms with Crippen LogP contribution in [0.4, 0.5) is 5.69 Å². The first-order chi connectivity index (χ1) is 13.3. The molecule has 3 aromatic heterocycles. The van der Waals surface area contributed by atoms with Crippen molar-refractivity contribution in [2.24, 2.45) is 0 Å². The third-order valence-corrected chi connectivity index (χ3v) is 4.97. The summed E-state index contributed by atoms with van der Waals surface area (Å²) in [5.74, 6) is 0.751. The van der Waals surface area contributed by atoms with Gasteiger partial charge in [-0.15, -0.1) is 0 Å². The number of anilines is 1. The molecular formula is C20H15BrN6. The molecule has 0 bridgehead atoms. The molecule has 0 fully saturated rings. The molecule has 0 spiro atoms. The monoisotopic (exact) mass is 418 g/mol. The summed E-state index contributed by atoms with van der Waals surface area (Å²) < 4.78 is 1.01. The Kier molecular flexibility index (Phi) is 3.86. The molecule has 5 aromatic rings. The Labute approximate surface area is 163 Å². The third kappa shape index (κ3) is 3.06. The van der Waals surface area contributed by atoms with Crippen LogP contribution in [-0.2, 0) is 6.54 Å². The summed E-state index contributed by atoms with van der Waals surface area (Å²) in [4.78, 5) is 12.1. The average molecular weight is 419 g/mol. The summed E-state index contributed by atoms with van der Waals surface area (Å²) in [6.07, 6.45) is 3.60. The number of nitrogens with one attached hydrogen (secondary N) is 3. The lowest BCUT2D eigenvalue weighted by Gasteiger charge is -2.05. The second-order valence-electron chi connectivity index (χ2n) is 6.29. The van der Waals surface area contributed by atoms with Crippen molar-refractivity contribution < 1.29 is 0 Å². The molecule has 132 valence electrons. The van der Waals surface area contributed by atoms with Crippen LogP contribution in [0.1, 0.15) is 5.56 Å². The lowest BCUT2D eigenvalue weighted by molar-refractivity contribution is 1.11. The lowest BCUT2D eigenvalue weighted by atomic mass is 10.2. The highest BCUT2D eigenvalue weighted by molar-refractivity contribution is 9.10. The van der Waals surface area contributed by atoms with Crippen molar-refractivity contribution in [2.45, 2.75) is 6.54 Å². The van der Waals surface area contributed by atoms with E-state index in [1.165, 1.54) is 5.56 Å². The Morgan fingerprint density at radius 2 is 1.85 bits per heavy atom. The van der Waals surface area contributed by atoms with Gasteiger partial charge in [-0.05, 0) is 54.1 Å². The number of aromatic amines is 2. The third-order valence-electron chi connectivity index (χ3n) is 4.48. The fraction of sp³-hybridized carbons (Fsp3) is 0.0500. The molecule has 0 radical (unpaired) electrons. The smallest absolute Gasteiger partial charge is 0.159 e. The first-order valence-electron chi connectivity index (χ1n) is 8.53. The molecule has 0 amide bonds. The molecule has 2 aromatic carbocycles. The number of benzene rings is 2. The van der Waals surface area contributed by atoms with Crippen molar-refractivity contribution in [1.29, 1.82) is 0 Å². The van der Waals surface area contributed by atoms with Gasteiger partial charge in [0.2, 0.25) is 0 Å². The van der Waals surface area contributed by atoms with Gasteiger partial charge in [0.1, 0.15) is 5.69 Å². The predicted octanol–water partition coefficient (Wildman–Crippen LogP) is 4.88. The van der Waals surface area contributed by atoms with E-state index in [4.69, 9.17) is 4.98 Å². The maximum atomic E-state index is 4.70. The minimum Gasteiger partial charge on any atom is -0.381 e. The summed E-state index contributed by atoms with van der Waals surface area (Å²) in [6, 6.07) is 16.1. The normalized spacial score (nSPS) is 11.3. The second-order valence-corrected chi connectivity index (χ2v) is 7.20. The van der Waals surface area contributed by atoms with E-state index in [1.54, 1.807) is 12.4 Å². The fourth-order valence-corrected chi connectivity index (χ4v) is 3.46. The Balaban J connectivity index is 1.47. The van der Waals surface area contributed by atoms with Crippen LogP contribution in [0.5, 0.6) is 0 Å². The van der Waals surface area contributed by atoms with Crippen LogP contribution in [-0.4, -0.2) is 25.1 Å². The minimum absolute atomic E-state index is 0.743. The van der Waals surface area contributed by atoms with Crippen molar-refractivity contribution in [2.75, 3.05) is 5.32 Å². The van der Waals surface area contributed by atoms with Crippen LogP contribution in [0.3, 0.4) is 0 Å². The number of hydrogen-bond donors (Lipinski definition) is 3. The van der Waals surface area contributed by atoms with Crippen LogP contribution in [0.15, 0.2) is 65.4 Å². The van der Waals surface area contributed by atoms with E-state index in [0.29, 0.717) is 0 Å². The van der Waals surface area contributed by atoms with E-state index in [0.717, 1.165) is 50.2 Å².